The molecule has 4 rings (SSSR count). The third-order valence-corrected chi connectivity index (χ3v) is 4.75. The largest absolute Gasteiger partial charge is 0.256 e. The lowest BCUT2D eigenvalue weighted by atomic mass is 9.80. The number of benzene rings is 2. The highest BCUT2D eigenvalue weighted by Crippen LogP contribution is 2.45. The van der Waals surface area contributed by atoms with E-state index >= 15 is 0 Å². The minimum Gasteiger partial charge on any atom is -0.256 e. The Bertz CT molecular complexity index is 871. The number of allylic oxidation sites excluding steroid dienone is 1. The summed E-state index contributed by atoms with van der Waals surface area (Å²) in [6.45, 7) is 4.55. The second-order valence-corrected chi connectivity index (χ2v) is 6.57. The van der Waals surface area contributed by atoms with Gasteiger partial charge in [-0.2, -0.15) is 0 Å². The number of nitrogens with zero attached hydrogens (tertiary/aromatic N) is 1. The van der Waals surface area contributed by atoms with Gasteiger partial charge in [-0.1, -0.05) is 74.5 Å². The first-order valence-corrected chi connectivity index (χ1v) is 8.00. The van der Waals surface area contributed by atoms with Crippen molar-refractivity contribution in [1.29, 1.82) is 0 Å². The molecule has 23 heavy (non-hydrogen) atoms. The van der Waals surface area contributed by atoms with E-state index in [1.54, 1.807) is 0 Å². The molecule has 1 aromatic heterocycles. The van der Waals surface area contributed by atoms with E-state index in [2.05, 4.69) is 80.6 Å². The number of hydrogen-bond acceptors (Lipinski definition) is 1. The Morgan fingerprint density at radius 1 is 0.739 bits per heavy atom. The second-order valence-electron chi connectivity index (χ2n) is 6.57. The Balaban J connectivity index is 1.73. The van der Waals surface area contributed by atoms with Gasteiger partial charge in [-0.3, -0.25) is 4.98 Å². The fraction of sp³-hybridized carbons (Fsp3) is 0.136. The van der Waals surface area contributed by atoms with Gasteiger partial charge in [0.05, 0.1) is 5.69 Å². The third-order valence-electron chi connectivity index (χ3n) is 4.75. The molecule has 0 unspecified atom stereocenters. The van der Waals surface area contributed by atoms with Crippen LogP contribution in [-0.2, 0) is 5.41 Å². The van der Waals surface area contributed by atoms with Gasteiger partial charge >= 0.3 is 0 Å². The first-order chi connectivity index (χ1) is 11.2. The predicted octanol–water partition coefficient (Wildman–Crippen LogP) is 5.58. The molecule has 1 aliphatic rings. The van der Waals surface area contributed by atoms with Crippen LogP contribution in [-0.4, -0.2) is 4.98 Å². The van der Waals surface area contributed by atoms with Crippen LogP contribution in [0, 0.1) is 0 Å². The van der Waals surface area contributed by atoms with Gasteiger partial charge < -0.3 is 0 Å². The van der Waals surface area contributed by atoms with Crippen LogP contribution >= 0.6 is 0 Å². The lowest BCUT2D eigenvalue weighted by Gasteiger charge is -2.24. The minimum atomic E-state index is -0.00213. The molecule has 0 N–H and O–H groups in total. The topological polar surface area (TPSA) is 12.9 Å². The summed E-state index contributed by atoms with van der Waals surface area (Å²) >= 11 is 0. The fourth-order valence-electron chi connectivity index (χ4n) is 3.42. The number of rotatable bonds is 2. The molecule has 0 aliphatic heterocycles. The van der Waals surface area contributed by atoms with Crippen LogP contribution in [0.1, 0.15) is 30.7 Å². The molecule has 1 aliphatic carbocycles. The van der Waals surface area contributed by atoms with E-state index in [0.717, 1.165) is 11.3 Å². The average Bonchev–Trinajstić information content (AvgIpc) is 2.87. The molecule has 0 spiro atoms. The Morgan fingerprint density at radius 2 is 1.48 bits per heavy atom. The fourth-order valence-corrected chi connectivity index (χ4v) is 3.42. The predicted molar refractivity (Wildman–Crippen MR) is 97.0 cm³/mol. The molecule has 0 amide bonds. The first-order valence-electron chi connectivity index (χ1n) is 8.00. The summed E-state index contributed by atoms with van der Waals surface area (Å²) in [5.74, 6) is 0. The van der Waals surface area contributed by atoms with E-state index in [4.69, 9.17) is 4.98 Å². The minimum absolute atomic E-state index is 0.00213. The highest BCUT2D eigenvalue weighted by atomic mass is 14.7. The van der Waals surface area contributed by atoms with Gasteiger partial charge in [-0.05, 0) is 34.4 Å². The van der Waals surface area contributed by atoms with Gasteiger partial charge in [0.15, 0.2) is 0 Å². The maximum atomic E-state index is 4.75. The van der Waals surface area contributed by atoms with Gasteiger partial charge in [0.2, 0.25) is 0 Å². The molecule has 0 atom stereocenters. The monoisotopic (exact) mass is 297 g/mol. The lowest BCUT2D eigenvalue weighted by molar-refractivity contribution is 0.701. The van der Waals surface area contributed by atoms with Crippen LogP contribution in [0.25, 0.3) is 22.8 Å². The van der Waals surface area contributed by atoms with E-state index in [1.807, 2.05) is 12.3 Å². The van der Waals surface area contributed by atoms with Crippen molar-refractivity contribution < 1.29 is 0 Å². The molecule has 0 fully saturated rings. The Hall–Kier alpha value is -2.67. The summed E-state index contributed by atoms with van der Waals surface area (Å²) in [5, 5.41) is 0. The summed E-state index contributed by atoms with van der Waals surface area (Å²) in [7, 11) is 0. The maximum Gasteiger partial charge on any atom is 0.0671 e. The number of hydrogen-bond donors (Lipinski definition) is 0. The van der Waals surface area contributed by atoms with E-state index in [0.29, 0.717) is 0 Å². The highest BCUT2D eigenvalue weighted by molar-refractivity contribution is 5.92. The number of fused-ring (bicyclic) bond motifs is 1. The van der Waals surface area contributed by atoms with Crippen LogP contribution in [0.3, 0.4) is 0 Å². The van der Waals surface area contributed by atoms with E-state index < -0.39 is 0 Å². The van der Waals surface area contributed by atoms with E-state index in [-0.39, 0.29) is 5.41 Å². The molecule has 112 valence electrons. The van der Waals surface area contributed by atoms with Crippen molar-refractivity contribution in [2.75, 3.05) is 0 Å². The summed E-state index contributed by atoms with van der Waals surface area (Å²) in [4.78, 5) is 4.75. The van der Waals surface area contributed by atoms with Crippen molar-refractivity contribution in [2.24, 2.45) is 0 Å². The van der Waals surface area contributed by atoms with Crippen molar-refractivity contribution >= 4 is 11.6 Å². The van der Waals surface area contributed by atoms with E-state index in [9.17, 15) is 0 Å². The molecule has 0 radical (unpaired) electrons. The Labute approximate surface area is 137 Å². The molecule has 1 nitrogen and oxygen atoms in total. The second kappa shape index (κ2) is 5.20. The van der Waals surface area contributed by atoms with Crippen molar-refractivity contribution in [1.82, 2.24) is 4.98 Å². The maximum absolute atomic E-state index is 4.75. The molecule has 1 heteroatoms. The molecular weight excluding hydrogens is 278 g/mol. The van der Waals surface area contributed by atoms with E-state index in [1.165, 1.54) is 22.3 Å². The van der Waals surface area contributed by atoms with Crippen molar-refractivity contribution in [3.63, 3.8) is 0 Å². The lowest BCUT2D eigenvalue weighted by Crippen LogP contribution is -2.16. The summed E-state index contributed by atoms with van der Waals surface area (Å²) in [5.41, 5.74) is 7.39. The van der Waals surface area contributed by atoms with Crippen molar-refractivity contribution in [3.8, 4) is 11.1 Å². The standard InChI is InChI=1S/C22H19N/c1-22(2)19-11-7-6-10-17(19)14-20(22)21-13-12-18(15-23-21)16-8-4-3-5-9-16/h3-15H,1-2H3. The molecule has 0 bridgehead atoms. The zero-order valence-electron chi connectivity index (χ0n) is 13.5. The van der Waals surface area contributed by atoms with Crippen molar-refractivity contribution in [2.45, 2.75) is 19.3 Å². The molecule has 0 saturated heterocycles. The Kier molecular flexibility index (Phi) is 3.16. The highest BCUT2D eigenvalue weighted by Gasteiger charge is 2.33. The van der Waals surface area contributed by atoms with Crippen LogP contribution in [0.2, 0.25) is 0 Å². The quantitative estimate of drug-likeness (QED) is 0.601. The van der Waals surface area contributed by atoms with Gasteiger partial charge in [0.1, 0.15) is 0 Å². The molecule has 2 aromatic carbocycles. The SMILES string of the molecule is CC1(C)C(c2ccc(-c3ccccc3)cn2)=Cc2ccccc21. The normalized spacial score (nSPS) is 15.1. The van der Waals surface area contributed by atoms with Crippen LogP contribution in [0.5, 0.6) is 0 Å². The van der Waals surface area contributed by atoms with Crippen LogP contribution in [0.15, 0.2) is 72.9 Å². The average molecular weight is 297 g/mol. The zero-order chi connectivity index (χ0) is 15.9. The zero-order valence-corrected chi connectivity index (χ0v) is 13.5. The molecule has 3 aromatic rings. The van der Waals surface area contributed by atoms with Gasteiger partial charge in [-0.15, -0.1) is 0 Å². The first kappa shape index (κ1) is 14.0. The summed E-state index contributed by atoms with van der Waals surface area (Å²) < 4.78 is 0. The number of pyridine rings is 1. The Morgan fingerprint density at radius 3 is 2.17 bits per heavy atom. The van der Waals surface area contributed by atoms with Crippen molar-refractivity contribution in [3.05, 3.63) is 89.7 Å². The van der Waals surface area contributed by atoms with Gasteiger partial charge in [0.25, 0.3) is 0 Å². The molecular formula is C22H19N. The number of aromatic nitrogens is 1. The molecule has 0 saturated carbocycles. The van der Waals surface area contributed by atoms with Gasteiger partial charge in [-0.25, -0.2) is 0 Å². The van der Waals surface area contributed by atoms with Crippen LogP contribution in [0.4, 0.5) is 0 Å². The van der Waals surface area contributed by atoms with Crippen LogP contribution < -0.4 is 0 Å². The third kappa shape index (κ3) is 2.29. The molecule has 1 heterocycles. The summed E-state index contributed by atoms with van der Waals surface area (Å²) in [6.07, 6.45) is 4.25. The van der Waals surface area contributed by atoms with Gasteiger partial charge in [0, 0.05) is 17.2 Å². The summed E-state index contributed by atoms with van der Waals surface area (Å²) in [6, 6.07) is 23.3. The smallest absolute Gasteiger partial charge is 0.0671 e.